The third kappa shape index (κ3) is 5.42. The van der Waals surface area contributed by atoms with Gasteiger partial charge in [0.05, 0.1) is 0 Å². The second kappa shape index (κ2) is 9.65. The number of benzene rings is 1. The lowest BCUT2D eigenvalue weighted by Crippen LogP contribution is -2.00. The average molecular weight is 401 g/mol. The van der Waals surface area contributed by atoms with E-state index in [4.69, 9.17) is 0 Å². The molecular formula is C30H40. The van der Waals surface area contributed by atoms with Gasteiger partial charge >= 0.3 is 0 Å². The molecule has 0 fully saturated rings. The van der Waals surface area contributed by atoms with E-state index < -0.39 is 0 Å². The summed E-state index contributed by atoms with van der Waals surface area (Å²) in [5.74, 6) is 0. The van der Waals surface area contributed by atoms with E-state index in [-0.39, 0.29) is 0 Å². The van der Waals surface area contributed by atoms with Crippen LogP contribution in [0.4, 0.5) is 0 Å². The molecule has 160 valence electrons. The second-order valence-corrected chi connectivity index (χ2v) is 9.35. The number of allylic oxidation sites excluding steroid dienone is 12. The van der Waals surface area contributed by atoms with Gasteiger partial charge in [-0.1, -0.05) is 41.5 Å². The van der Waals surface area contributed by atoms with Crippen molar-refractivity contribution in [3.8, 4) is 0 Å². The Balaban J connectivity index is 2.43. The third-order valence-electron chi connectivity index (χ3n) is 6.72. The summed E-state index contributed by atoms with van der Waals surface area (Å²) in [7, 11) is 0. The SMILES string of the molecule is CC1=CC(C)=C(C)C(=C(C)C=C(C)C(C)=C(C)C=C(C)c2cc(C)cc(C)c2C)C1. The summed E-state index contributed by atoms with van der Waals surface area (Å²) in [6.07, 6.45) is 8.10. The van der Waals surface area contributed by atoms with Crippen LogP contribution in [0.15, 0.2) is 74.9 Å². The molecule has 0 nitrogen and oxygen atoms in total. The van der Waals surface area contributed by atoms with Gasteiger partial charge in [-0.3, -0.25) is 0 Å². The molecule has 1 aromatic carbocycles. The van der Waals surface area contributed by atoms with Gasteiger partial charge in [-0.15, -0.1) is 0 Å². The topological polar surface area (TPSA) is 0 Å². The zero-order chi connectivity index (χ0) is 22.7. The standard InChI is InChI=1S/C30H40/c1-18-12-20(3)27(10)29(14-18)24(7)16-22(5)26(9)23(6)17-25(8)30-15-19(2)13-21(4)28(30)11/h12-14,16-17H,15H2,1-11H3. The van der Waals surface area contributed by atoms with Crippen molar-refractivity contribution in [2.45, 2.75) is 82.6 Å². The number of hydrogen-bond donors (Lipinski definition) is 0. The lowest BCUT2D eigenvalue weighted by Gasteiger charge is -2.19. The minimum atomic E-state index is 1.06. The highest BCUT2D eigenvalue weighted by Gasteiger charge is 2.13. The van der Waals surface area contributed by atoms with Gasteiger partial charge in [0, 0.05) is 0 Å². The molecule has 0 unspecified atom stereocenters. The van der Waals surface area contributed by atoms with Crippen LogP contribution in [-0.2, 0) is 0 Å². The van der Waals surface area contributed by atoms with Crippen LogP contribution >= 0.6 is 0 Å². The van der Waals surface area contributed by atoms with Crippen molar-refractivity contribution in [2.75, 3.05) is 0 Å². The predicted octanol–water partition coefficient (Wildman–Crippen LogP) is 9.30. The molecule has 0 N–H and O–H groups in total. The summed E-state index contributed by atoms with van der Waals surface area (Å²) >= 11 is 0. The van der Waals surface area contributed by atoms with E-state index in [1.54, 1.807) is 0 Å². The highest BCUT2D eigenvalue weighted by molar-refractivity contribution is 5.71. The largest absolute Gasteiger partial charge is 0.0686 e. The summed E-state index contributed by atoms with van der Waals surface area (Å²) < 4.78 is 0. The molecule has 0 amide bonds. The molecule has 0 spiro atoms. The summed E-state index contributed by atoms with van der Waals surface area (Å²) in [4.78, 5) is 0. The molecule has 1 aliphatic rings. The van der Waals surface area contributed by atoms with E-state index >= 15 is 0 Å². The monoisotopic (exact) mass is 400 g/mol. The molecule has 1 aliphatic carbocycles. The van der Waals surface area contributed by atoms with Crippen LogP contribution in [0.2, 0.25) is 0 Å². The lowest BCUT2D eigenvalue weighted by molar-refractivity contribution is 1.03. The van der Waals surface area contributed by atoms with Gasteiger partial charge in [0.2, 0.25) is 0 Å². The van der Waals surface area contributed by atoms with E-state index in [0.717, 1.165) is 6.42 Å². The normalized spacial score (nSPS) is 18.4. The molecule has 0 aliphatic heterocycles. The molecule has 30 heavy (non-hydrogen) atoms. The fraction of sp³-hybridized carbons (Fsp3) is 0.400. The van der Waals surface area contributed by atoms with E-state index in [1.807, 2.05) is 0 Å². The van der Waals surface area contributed by atoms with Gasteiger partial charge in [0.25, 0.3) is 0 Å². The molecular weight excluding hydrogens is 360 g/mol. The average Bonchev–Trinajstić information content (AvgIpc) is 2.66. The van der Waals surface area contributed by atoms with Gasteiger partial charge in [-0.2, -0.15) is 0 Å². The van der Waals surface area contributed by atoms with Gasteiger partial charge in [-0.25, -0.2) is 0 Å². The van der Waals surface area contributed by atoms with Gasteiger partial charge in [0.1, 0.15) is 0 Å². The van der Waals surface area contributed by atoms with Gasteiger partial charge in [0.15, 0.2) is 0 Å². The maximum absolute atomic E-state index is 2.37. The van der Waals surface area contributed by atoms with E-state index in [9.17, 15) is 0 Å². The Morgan fingerprint density at radius 2 is 1.47 bits per heavy atom. The highest BCUT2D eigenvalue weighted by Crippen LogP contribution is 2.32. The highest BCUT2D eigenvalue weighted by atomic mass is 14.2. The zero-order valence-electron chi connectivity index (χ0n) is 21.1. The first kappa shape index (κ1) is 23.9. The Hall–Kier alpha value is -2.34. The van der Waals surface area contributed by atoms with Crippen molar-refractivity contribution in [3.63, 3.8) is 0 Å². The molecule has 1 aromatic rings. The Bertz CT molecular complexity index is 1040. The molecule has 0 aromatic heterocycles. The van der Waals surface area contributed by atoms with Crippen molar-refractivity contribution in [2.24, 2.45) is 0 Å². The second-order valence-electron chi connectivity index (χ2n) is 9.35. The first-order chi connectivity index (χ1) is 13.9. The zero-order valence-corrected chi connectivity index (χ0v) is 21.1. The molecule has 0 radical (unpaired) electrons. The fourth-order valence-corrected chi connectivity index (χ4v) is 4.40. The van der Waals surface area contributed by atoms with Crippen LogP contribution in [0.3, 0.4) is 0 Å². The van der Waals surface area contributed by atoms with Crippen LogP contribution in [0.1, 0.15) is 84.1 Å². The lowest BCUT2D eigenvalue weighted by atomic mass is 9.86. The van der Waals surface area contributed by atoms with Gasteiger partial charge in [-0.05, 0) is 144 Å². The van der Waals surface area contributed by atoms with Crippen LogP contribution in [-0.4, -0.2) is 0 Å². The molecule has 0 atom stereocenters. The number of aryl methyl sites for hydroxylation is 2. The molecule has 0 heteroatoms. The minimum absolute atomic E-state index is 1.06. The van der Waals surface area contributed by atoms with Crippen LogP contribution in [0.25, 0.3) is 5.57 Å². The Morgan fingerprint density at radius 3 is 2.10 bits per heavy atom. The van der Waals surface area contributed by atoms with E-state index in [1.165, 1.54) is 72.4 Å². The van der Waals surface area contributed by atoms with Crippen molar-refractivity contribution >= 4 is 5.57 Å². The first-order valence-corrected chi connectivity index (χ1v) is 11.1. The summed E-state index contributed by atoms with van der Waals surface area (Å²) in [5.41, 5.74) is 17.9. The van der Waals surface area contributed by atoms with Crippen LogP contribution < -0.4 is 0 Å². The van der Waals surface area contributed by atoms with E-state index in [2.05, 4.69) is 107 Å². The number of hydrogen-bond acceptors (Lipinski definition) is 0. The Labute approximate surface area is 185 Å². The van der Waals surface area contributed by atoms with Crippen molar-refractivity contribution < 1.29 is 0 Å². The van der Waals surface area contributed by atoms with E-state index in [0.29, 0.717) is 0 Å². The van der Waals surface area contributed by atoms with Gasteiger partial charge < -0.3 is 0 Å². The molecule has 0 heterocycles. The molecule has 0 saturated heterocycles. The number of rotatable bonds is 4. The van der Waals surface area contributed by atoms with Crippen LogP contribution in [0, 0.1) is 20.8 Å². The van der Waals surface area contributed by atoms with Crippen molar-refractivity contribution in [1.29, 1.82) is 0 Å². The van der Waals surface area contributed by atoms with Crippen LogP contribution in [0.5, 0.6) is 0 Å². The summed E-state index contributed by atoms with van der Waals surface area (Å²) in [6.45, 7) is 24.5. The Morgan fingerprint density at radius 1 is 0.833 bits per heavy atom. The summed E-state index contributed by atoms with van der Waals surface area (Å²) in [6, 6.07) is 4.58. The summed E-state index contributed by atoms with van der Waals surface area (Å²) in [5, 5.41) is 0. The van der Waals surface area contributed by atoms with Crippen molar-refractivity contribution in [1.82, 2.24) is 0 Å². The molecule has 0 bridgehead atoms. The maximum atomic E-state index is 2.37. The first-order valence-electron chi connectivity index (χ1n) is 11.1. The molecule has 0 saturated carbocycles. The predicted molar refractivity (Wildman–Crippen MR) is 136 cm³/mol. The minimum Gasteiger partial charge on any atom is -0.0686 e. The third-order valence-corrected chi connectivity index (χ3v) is 6.72. The van der Waals surface area contributed by atoms with Crippen molar-refractivity contribution in [3.05, 3.63) is 97.2 Å². The maximum Gasteiger partial charge on any atom is -0.00613 e. The Kier molecular flexibility index (Phi) is 7.70. The smallest absolute Gasteiger partial charge is 0.00613 e. The quantitative estimate of drug-likeness (QED) is 0.442. The fourth-order valence-electron chi connectivity index (χ4n) is 4.40. The molecule has 2 rings (SSSR count).